The molecule has 0 heterocycles. The zero-order valence-corrected chi connectivity index (χ0v) is 14.2. The number of aliphatic hydroxyl groups excluding tert-OH is 1. The smallest absolute Gasteiger partial charge is 0.131 e. The maximum atomic E-state index is 14.0. The first kappa shape index (κ1) is 18.7. The Morgan fingerprint density at radius 3 is 2.60 bits per heavy atom. The number of methoxy groups -OCH3 is 1. The Bertz CT molecular complexity index is 728. The molecule has 2 aromatic rings. The van der Waals surface area contributed by atoms with Gasteiger partial charge < -0.3 is 19.9 Å². The van der Waals surface area contributed by atoms with Gasteiger partial charge in [-0.1, -0.05) is 6.07 Å². The summed E-state index contributed by atoms with van der Waals surface area (Å²) >= 11 is 0. The summed E-state index contributed by atoms with van der Waals surface area (Å²) in [5.74, 6) is 0.674. The van der Waals surface area contributed by atoms with Gasteiger partial charge in [0.25, 0.3) is 0 Å². The average Bonchev–Trinajstić information content (AvgIpc) is 2.64. The number of benzene rings is 2. The van der Waals surface area contributed by atoms with Crippen molar-refractivity contribution in [2.24, 2.45) is 0 Å². The van der Waals surface area contributed by atoms with E-state index in [-0.39, 0.29) is 25.0 Å². The molecule has 0 aliphatic rings. The molecule has 5 nitrogen and oxygen atoms in total. The number of ether oxygens (including phenoxy) is 2. The summed E-state index contributed by atoms with van der Waals surface area (Å²) in [7, 11) is 1.49. The molecule has 0 amide bonds. The van der Waals surface area contributed by atoms with Crippen molar-refractivity contribution in [3.05, 3.63) is 59.4 Å². The maximum Gasteiger partial charge on any atom is 0.131 e. The van der Waals surface area contributed by atoms with E-state index in [9.17, 15) is 9.50 Å². The van der Waals surface area contributed by atoms with Crippen LogP contribution >= 0.6 is 0 Å². The Balaban J connectivity index is 1.85. The molecule has 2 rings (SSSR count). The molecular formula is C19H21FN2O3. The van der Waals surface area contributed by atoms with Crippen LogP contribution in [0.4, 0.5) is 4.39 Å². The van der Waals surface area contributed by atoms with Crippen LogP contribution in [0, 0.1) is 17.1 Å². The van der Waals surface area contributed by atoms with Crippen molar-refractivity contribution in [2.75, 3.05) is 20.3 Å². The minimum atomic E-state index is -0.768. The van der Waals surface area contributed by atoms with E-state index in [1.165, 1.54) is 13.2 Å². The first-order valence-corrected chi connectivity index (χ1v) is 7.92. The summed E-state index contributed by atoms with van der Waals surface area (Å²) in [5, 5.41) is 21.9. The summed E-state index contributed by atoms with van der Waals surface area (Å²) in [6.45, 7) is 2.12. The third kappa shape index (κ3) is 5.18. The molecule has 0 spiro atoms. The van der Waals surface area contributed by atoms with Crippen LogP contribution < -0.4 is 14.8 Å². The van der Waals surface area contributed by atoms with Gasteiger partial charge in [-0.2, -0.15) is 5.26 Å². The zero-order valence-electron chi connectivity index (χ0n) is 14.2. The molecule has 0 saturated carbocycles. The minimum absolute atomic E-state index is 0.0834. The van der Waals surface area contributed by atoms with Crippen LogP contribution in [0.2, 0.25) is 0 Å². The number of aliphatic hydroxyl groups is 1. The molecule has 0 saturated heterocycles. The molecule has 0 aromatic heterocycles. The van der Waals surface area contributed by atoms with Crippen molar-refractivity contribution >= 4 is 0 Å². The van der Waals surface area contributed by atoms with Crippen molar-refractivity contribution < 1.29 is 19.0 Å². The molecule has 2 aromatic carbocycles. The predicted molar refractivity (Wildman–Crippen MR) is 92.0 cm³/mol. The quantitative estimate of drug-likeness (QED) is 0.770. The molecule has 6 heteroatoms. The highest BCUT2D eigenvalue weighted by Crippen LogP contribution is 2.27. The van der Waals surface area contributed by atoms with E-state index in [0.717, 1.165) is 0 Å². The lowest BCUT2D eigenvalue weighted by Gasteiger charge is -2.20. The van der Waals surface area contributed by atoms with E-state index < -0.39 is 6.10 Å². The van der Waals surface area contributed by atoms with Crippen LogP contribution in [0.15, 0.2) is 42.5 Å². The van der Waals surface area contributed by atoms with Crippen LogP contribution in [-0.4, -0.2) is 31.5 Å². The van der Waals surface area contributed by atoms with E-state index in [4.69, 9.17) is 14.7 Å². The number of nitrogens with one attached hydrogen (secondary N) is 1. The van der Waals surface area contributed by atoms with E-state index >= 15 is 0 Å². The van der Waals surface area contributed by atoms with Crippen LogP contribution in [0.5, 0.6) is 11.5 Å². The van der Waals surface area contributed by atoms with Gasteiger partial charge in [-0.15, -0.1) is 0 Å². The Labute approximate surface area is 146 Å². The molecule has 0 radical (unpaired) electrons. The molecule has 25 heavy (non-hydrogen) atoms. The highest BCUT2D eigenvalue weighted by molar-refractivity contribution is 5.37. The summed E-state index contributed by atoms with van der Waals surface area (Å²) in [6.07, 6.45) is -0.768. The fraction of sp³-hybridized carbons (Fsp3) is 0.316. The maximum absolute atomic E-state index is 14.0. The number of rotatable bonds is 8. The molecule has 0 bridgehead atoms. The molecule has 0 aliphatic carbocycles. The largest absolute Gasteiger partial charge is 0.496 e. The number of halogens is 1. The third-order valence-electron chi connectivity index (χ3n) is 3.75. The number of nitrogens with zero attached hydrogens (tertiary/aromatic N) is 1. The van der Waals surface area contributed by atoms with E-state index in [1.54, 1.807) is 43.3 Å². The lowest BCUT2D eigenvalue weighted by Crippen LogP contribution is -2.33. The van der Waals surface area contributed by atoms with E-state index in [1.807, 2.05) is 6.07 Å². The fourth-order valence-corrected chi connectivity index (χ4v) is 2.41. The second kappa shape index (κ2) is 9.02. The fourth-order valence-electron chi connectivity index (χ4n) is 2.41. The SMILES string of the molecule is COc1cccc(F)c1C(C)NCC(O)COc1ccc(C#N)cc1. The van der Waals surface area contributed by atoms with Gasteiger partial charge in [0.2, 0.25) is 0 Å². The molecule has 2 N–H and O–H groups in total. The molecular weight excluding hydrogens is 323 g/mol. The number of hydrogen-bond donors (Lipinski definition) is 2. The molecule has 132 valence electrons. The normalized spacial score (nSPS) is 12.9. The summed E-state index contributed by atoms with van der Waals surface area (Å²) in [5.41, 5.74) is 0.965. The standard InChI is InChI=1S/C19H21FN2O3/c1-13(19-17(20)4-3-5-18(19)24-2)22-11-15(23)12-25-16-8-6-14(10-21)7-9-16/h3-9,13,15,22-23H,11-12H2,1-2H3. The average molecular weight is 344 g/mol. The van der Waals surface area contributed by atoms with Gasteiger partial charge in [-0.05, 0) is 43.3 Å². The van der Waals surface area contributed by atoms with Crippen molar-refractivity contribution in [1.82, 2.24) is 5.32 Å². The lowest BCUT2D eigenvalue weighted by molar-refractivity contribution is 0.104. The van der Waals surface area contributed by atoms with Gasteiger partial charge in [0.15, 0.2) is 0 Å². The highest BCUT2D eigenvalue weighted by atomic mass is 19.1. The predicted octanol–water partition coefficient (Wildman–Crippen LogP) is 2.80. The van der Waals surface area contributed by atoms with E-state index in [2.05, 4.69) is 5.32 Å². The van der Waals surface area contributed by atoms with Crippen molar-refractivity contribution in [2.45, 2.75) is 19.1 Å². The summed E-state index contributed by atoms with van der Waals surface area (Å²) < 4.78 is 24.7. The Hall–Kier alpha value is -2.62. The van der Waals surface area contributed by atoms with Crippen LogP contribution in [0.25, 0.3) is 0 Å². The van der Waals surface area contributed by atoms with Gasteiger partial charge in [-0.25, -0.2) is 4.39 Å². The minimum Gasteiger partial charge on any atom is -0.496 e. The van der Waals surface area contributed by atoms with Gasteiger partial charge in [-0.3, -0.25) is 0 Å². The molecule has 0 aliphatic heterocycles. The first-order valence-electron chi connectivity index (χ1n) is 7.92. The second-order valence-corrected chi connectivity index (χ2v) is 5.59. The summed E-state index contributed by atoms with van der Waals surface area (Å²) in [6, 6.07) is 13.0. The van der Waals surface area contributed by atoms with Gasteiger partial charge in [0.05, 0.1) is 18.7 Å². The Kier molecular flexibility index (Phi) is 6.75. The molecule has 2 atom stereocenters. The topological polar surface area (TPSA) is 74.5 Å². The lowest BCUT2D eigenvalue weighted by atomic mass is 10.1. The Morgan fingerprint density at radius 1 is 1.24 bits per heavy atom. The number of nitriles is 1. The Morgan fingerprint density at radius 2 is 1.96 bits per heavy atom. The van der Waals surface area contributed by atoms with Crippen molar-refractivity contribution in [3.8, 4) is 17.6 Å². The van der Waals surface area contributed by atoms with Crippen LogP contribution in [-0.2, 0) is 0 Å². The third-order valence-corrected chi connectivity index (χ3v) is 3.75. The van der Waals surface area contributed by atoms with Crippen molar-refractivity contribution in [3.63, 3.8) is 0 Å². The number of hydrogen-bond acceptors (Lipinski definition) is 5. The highest BCUT2D eigenvalue weighted by Gasteiger charge is 2.17. The van der Waals surface area contributed by atoms with Crippen LogP contribution in [0.3, 0.4) is 0 Å². The van der Waals surface area contributed by atoms with Gasteiger partial charge >= 0.3 is 0 Å². The van der Waals surface area contributed by atoms with Gasteiger partial charge in [0, 0.05) is 18.2 Å². The van der Waals surface area contributed by atoms with E-state index in [0.29, 0.717) is 22.6 Å². The summed E-state index contributed by atoms with van der Waals surface area (Å²) in [4.78, 5) is 0. The molecule has 0 fully saturated rings. The zero-order chi connectivity index (χ0) is 18.2. The second-order valence-electron chi connectivity index (χ2n) is 5.59. The molecule has 2 unspecified atom stereocenters. The van der Waals surface area contributed by atoms with Crippen LogP contribution in [0.1, 0.15) is 24.1 Å². The van der Waals surface area contributed by atoms with Gasteiger partial charge in [0.1, 0.15) is 30.0 Å². The first-order chi connectivity index (χ1) is 12.0. The van der Waals surface area contributed by atoms with Crippen molar-refractivity contribution in [1.29, 1.82) is 5.26 Å². The monoisotopic (exact) mass is 344 g/mol.